The van der Waals surface area contributed by atoms with Crippen molar-refractivity contribution in [2.75, 3.05) is 32.2 Å². The minimum absolute atomic E-state index is 0.361. The van der Waals surface area contributed by atoms with Gasteiger partial charge in [-0.1, -0.05) is 85.3 Å². The van der Waals surface area contributed by atoms with E-state index in [0.29, 0.717) is 23.6 Å². The highest BCUT2D eigenvalue weighted by Gasteiger charge is 2.44. The van der Waals surface area contributed by atoms with Crippen LogP contribution in [0.5, 0.6) is 5.75 Å². The first-order chi connectivity index (χ1) is 14.7. The summed E-state index contributed by atoms with van der Waals surface area (Å²) in [6.07, 6.45) is 0.589. The van der Waals surface area contributed by atoms with Crippen molar-refractivity contribution in [1.29, 1.82) is 0 Å². The smallest absolute Gasteiger partial charge is 0.155 e. The Morgan fingerprint density at radius 3 is 2.57 bits per heavy atom. The van der Waals surface area contributed by atoms with Gasteiger partial charge in [-0.3, -0.25) is 0 Å². The van der Waals surface area contributed by atoms with Gasteiger partial charge in [0, 0.05) is 5.39 Å². The molecule has 158 valence electrons. The van der Waals surface area contributed by atoms with Gasteiger partial charge in [-0.15, -0.1) is 9.60 Å². The Morgan fingerprint density at radius 1 is 1.07 bits per heavy atom. The molecule has 0 spiro atoms. The summed E-state index contributed by atoms with van der Waals surface area (Å²) in [6, 6.07) is 24.2. The molecule has 30 heavy (non-hydrogen) atoms. The summed E-state index contributed by atoms with van der Waals surface area (Å²) in [4.78, 5) is 0. The summed E-state index contributed by atoms with van der Waals surface area (Å²) in [7, 11) is 0. The van der Waals surface area contributed by atoms with E-state index in [1.165, 1.54) is 0 Å². The highest BCUT2D eigenvalue weighted by Crippen LogP contribution is 2.35. The molecular weight excluding hydrogens is 399 g/mol. The van der Waals surface area contributed by atoms with Crippen molar-refractivity contribution in [3.05, 3.63) is 78.4 Å². The molecule has 3 atom stereocenters. The number of fused-ring (bicyclic) bond motifs is 1. The molecule has 1 fully saturated rings. The molecule has 1 saturated heterocycles. The van der Waals surface area contributed by atoms with E-state index in [0.717, 1.165) is 46.7 Å². The summed E-state index contributed by atoms with van der Waals surface area (Å²) in [5.74, 6) is 0.778. The van der Waals surface area contributed by atoms with Crippen molar-refractivity contribution in [3.63, 3.8) is 0 Å². The van der Waals surface area contributed by atoms with Crippen molar-refractivity contribution >= 4 is 22.4 Å². The second kappa shape index (κ2) is 9.34. The molecule has 0 N–H and O–H groups in total. The molecule has 1 aliphatic rings. The molecule has 1 heterocycles. The summed E-state index contributed by atoms with van der Waals surface area (Å²) in [5, 5.41) is 3.11. The van der Waals surface area contributed by atoms with Gasteiger partial charge in [0.05, 0.1) is 19.6 Å². The third-order valence-corrected chi connectivity index (χ3v) is 6.66. The highest BCUT2D eigenvalue weighted by atomic mass is 35.5. The second-order valence-corrected chi connectivity index (χ2v) is 8.45. The summed E-state index contributed by atoms with van der Waals surface area (Å²) in [5.41, 5.74) is 0.976. The Balaban J connectivity index is 1.73. The molecule has 3 aromatic carbocycles. The molecule has 3 aromatic rings. The maximum atomic E-state index is 15.2. The topological polar surface area (TPSA) is 12.5 Å². The van der Waals surface area contributed by atoms with Crippen LogP contribution in [0.15, 0.2) is 72.8 Å². The Kier molecular flexibility index (Phi) is 6.57. The van der Waals surface area contributed by atoms with E-state index in [1.807, 2.05) is 54.6 Å². The van der Waals surface area contributed by atoms with Gasteiger partial charge in [0.15, 0.2) is 6.00 Å². The SMILES string of the molecule is CCC[N+]1(CCl)CCN(F)C([C@H](Oc2cccc3ccccc23)c2ccccc2)C1. The lowest BCUT2D eigenvalue weighted by Crippen LogP contribution is -2.63. The molecule has 0 aromatic heterocycles. The zero-order valence-electron chi connectivity index (χ0n) is 17.4. The minimum atomic E-state index is -0.431. The normalized spacial score (nSPS) is 23.4. The predicted molar refractivity (Wildman–Crippen MR) is 121 cm³/mol. The van der Waals surface area contributed by atoms with Gasteiger partial charge in [-0.25, -0.2) is 0 Å². The summed E-state index contributed by atoms with van der Waals surface area (Å²) in [6.45, 7) is 4.81. The molecule has 1 aliphatic heterocycles. The zero-order valence-corrected chi connectivity index (χ0v) is 18.1. The van der Waals surface area contributed by atoms with E-state index in [2.05, 4.69) is 25.1 Å². The molecule has 0 bridgehead atoms. The number of nitrogens with zero attached hydrogens (tertiary/aromatic N) is 2. The zero-order chi connectivity index (χ0) is 21.0. The first kappa shape index (κ1) is 21.1. The second-order valence-electron chi connectivity index (χ2n) is 8.21. The molecule has 3 nitrogen and oxygen atoms in total. The number of hydrogen-bond donors (Lipinski definition) is 0. The number of halogens is 2. The van der Waals surface area contributed by atoms with Crippen LogP contribution in [-0.2, 0) is 0 Å². The van der Waals surface area contributed by atoms with Gasteiger partial charge in [-0.05, 0) is 23.4 Å². The van der Waals surface area contributed by atoms with Crippen LogP contribution < -0.4 is 4.74 Å². The minimum Gasteiger partial charge on any atom is -0.483 e. The Hall–Kier alpha value is -2.14. The monoisotopic (exact) mass is 427 g/mol. The fourth-order valence-electron chi connectivity index (χ4n) is 4.59. The van der Waals surface area contributed by atoms with Crippen molar-refractivity contribution < 1.29 is 13.7 Å². The summed E-state index contributed by atoms with van der Waals surface area (Å²) >= 11 is 6.41. The summed E-state index contributed by atoms with van der Waals surface area (Å²) < 4.78 is 22.5. The fraction of sp³-hybridized carbons (Fsp3) is 0.360. The quantitative estimate of drug-likeness (QED) is 0.200. The average molecular weight is 428 g/mol. The van der Waals surface area contributed by atoms with Crippen LogP contribution in [0.1, 0.15) is 25.0 Å². The standard InChI is InChI=1S/C25H29ClFN2O/c1-2-16-29(19-26)17-15-28(27)23(18-29)25(21-10-4-3-5-11-21)30-24-14-8-12-20-9-6-7-13-22(20)24/h3-14,23,25H,2,15-19H2,1H3/q+1/t23?,25-,29?/m1/s1. The first-order valence-corrected chi connectivity index (χ1v) is 11.2. The van der Waals surface area contributed by atoms with E-state index >= 15 is 4.48 Å². The van der Waals surface area contributed by atoms with Crippen LogP contribution >= 0.6 is 11.6 Å². The molecular formula is C25H29ClFN2O+. The highest BCUT2D eigenvalue weighted by molar-refractivity contribution is 6.17. The molecule has 5 heteroatoms. The van der Waals surface area contributed by atoms with Crippen molar-refractivity contribution in [2.45, 2.75) is 25.5 Å². The van der Waals surface area contributed by atoms with Crippen LogP contribution in [0, 0.1) is 0 Å². The Morgan fingerprint density at radius 2 is 1.80 bits per heavy atom. The molecule has 2 unspecified atom stereocenters. The number of hydrogen-bond acceptors (Lipinski definition) is 2. The van der Waals surface area contributed by atoms with Gasteiger partial charge in [0.2, 0.25) is 0 Å². The number of rotatable bonds is 7. The number of ether oxygens (including phenoxy) is 1. The van der Waals surface area contributed by atoms with Gasteiger partial charge in [0.1, 0.15) is 24.4 Å². The van der Waals surface area contributed by atoms with Gasteiger partial charge in [-0.2, -0.15) is 0 Å². The number of alkyl halides is 1. The number of quaternary nitrogens is 1. The lowest BCUT2D eigenvalue weighted by atomic mass is 9.98. The number of piperazine rings is 1. The lowest BCUT2D eigenvalue weighted by Gasteiger charge is -2.46. The Bertz CT molecular complexity index is 964. The molecule has 0 aliphatic carbocycles. The maximum absolute atomic E-state index is 15.2. The van der Waals surface area contributed by atoms with Gasteiger partial charge < -0.3 is 9.22 Å². The van der Waals surface area contributed by atoms with E-state index < -0.39 is 12.1 Å². The van der Waals surface area contributed by atoms with E-state index in [9.17, 15) is 0 Å². The first-order valence-electron chi connectivity index (χ1n) is 10.7. The third kappa shape index (κ3) is 4.31. The maximum Gasteiger partial charge on any atom is 0.155 e. The average Bonchev–Trinajstić information content (AvgIpc) is 2.80. The molecule has 0 radical (unpaired) electrons. The lowest BCUT2D eigenvalue weighted by molar-refractivity contribution is -0.926. The third-order valence-electron chi connectivity index (χ3n) is 6.15. The van der Waals surface area contributed by atoms with Crippen LogP contribution in [0.4, 0.5) is 4.48 Å². The van der Waals surface area contributed by atoms with Gasteiger partial charge in [0.25, 0.3) is 0 Å². The van der Waals surface area contributed by atoms with Crippen LogP contribution in [0.2, 0.25) is 0 Å². The van der Waals surface area contributed by atoms with Crippen LogP contribution in [0.3, 0.4) is 0 Å². The van der Waals surface area contributed by atoms with E-state index in [1.54, 1.807) is 0 Å². The van der Waals surface area contributed by atoms with E-state index in [-0.39, 0.29) is 0 Å². The predicted octanol–water partition coefficient (Wildman–Crippen LogP) is 5.95. The van der Waals surface area contributed by atoms with Crippen molar-refractivity contribution in [2.24, 2.45) is 0 Å². The van der Waals surface area contributed by atoms with E-state index in [4.69, 9.17) is 16.3 Å². The van der Waals surface area contributed by atoms with Crippen LogP contribution in [-0.4, -0.2) is 47.8 Å². The van der Waals surface area contributed by atoms with Crippen molar-refractivity contribution in [1.82, 2.24) is 5.12 Å². The largest absolute Gasteiger partial charge is 0.483 e. The van der Waals surface area contributed by atoms with Crippen LogP contribution in [0.25, 0.3) is 10.8 Å². The fourth-order valence-corrected chi connectivity index (χ4v) is 4.92. The number of benzene rings is 3. The molecule has 0 saturated carbocycles. The van der Waals surface area contributed by atoms with Gasteiger partial charge >= 0.3 is 0 Å². The Labute approximate surface area is 183 Å². The van der Waals surface area contributed by atoms with Crippen molar-refractivity contribution in [3.8, 4) is 5.75 Å². The molecule has 0 amide bonds. The molecule has 4 rings (SSSR count).